The number of halogens is 1. The molecule has 4 heterocycles. The molecule has 0 aromatic heterocycles. The minimum atomic E-state index is -0.727. The van der Waals surface area contributed by atoms with Crippen molar-refractivity contribution in [1.29, 1.82) is 0 Å². The van der Waals surface area contributed by atoms with Gasteiger partial charge in [0.25, 0.3) is 0 Å². The molecule has 0 amide bonds. The average Bonchev–Trinajstić information content (AvgIpc) is 0.777. The fourth-order valence-corrected chi connectivity index (χ4v) is 15.6. The Kier molecular flexibility index (Phi) is 16.6. The van der Waals surface area contributed by atoms with E-state index in [0.717, 1.165) is 75.6 Å². The Labute approximate surface area is 565 Å². The van der Waals surface area contributed by atoms with Gasteiger partial charge in [0.05, 0.1) is 16.8 Å². The number of rotatable bonds is 10. The standard InChI is InChI=1S/C50H38BFN2.C38H30N2.C2H6/c1-2-3-7-22-40(51-52)35-53-46-31-29-38(36-18-8-4-9-19-36)33-44(46)50(45-34-39(30-32-47(45)53)37-20-10-5-11-21-37)42-25-14-16-27-48(42)54(41-23-12-6-13-24-41)49-28-17-15-26-43(49)50;1-27-22-24-29(25-23-27)40-36-20-10-6-16-32(36)38(33-17-7-11-21-37(33)40)30-14-4-8-18-34(30)39(26-28-12-2-3-13-28)35-19-9-5-15-31(35)38;1-2/h2-34H,35H2,1H3;2-25,28H,26H2,1H3;1-2H3/b3-2-,22-7-;;. The Bertz CT molecular complexity index is 4740. The van der Waals surface area contributed by atoms with Crippen LogP contribution in [0.4, 0.5) is 61.2 Å². The van der Waals surface area contributed by atoms with Gasteiger partial charge >= 0.3 is 313 Å². The van der Waals surface area contributed by atoms with Gasteiger partial charge in [0.15, 0.2) is 0 Å². The molecular formula is C90H74BFN4. The molecule has 0 atom stereocenters. The van der Waals surface area contributed by atoms with E-state index < -0.39 is 10.8 Å². The van der Waals surface area contributed by atoms with E-state index in [2.05, 4.69) is 348 Å². The number of nitrogens with zero attached hydrogens (tertiary/aromatic N) is 4. The first-order valence-corrected chi connectivity index (χ1v) is 33.7. The third-order valence-electron chi connectivity index (χ3n) is 19.6. The summed E-state index contributed by atoms with van der Waals surface area (Å²) in [5.74, 6) is 0.387. The molecule has 2 spiro atoms. The van der Waals surface area contributed by atoms with E-state index in [0.29, 0.717) is 17.9 Å². The molecule has 0 radical (unpaired) electrons. The summed E-state index contributed by atoms with van der Waals surface area (Å²) >= 11 is 0. The number of hydrogen-bond acceptors (Lipinski definition) is 4. The van der Waals surface area contributed by atoms with Crippen LogP contribution in [-0.2, 0) is 10.8 Å². The van der Waals surface area contributed by atoms with Gasteiger partial charge in [0.1, 0.15) is 0 Å². The van der Waals surface area contributed by atoms with E-state index in [1.165, 1.54) is 67.4 Å². The van der Waals surface area contributed by atoms with Crippen molar-refractivity contribution in [1.82, 2.24) is 0 Å². The maximum Gasteiger partial charge on any atom is 0.0782 e. The van der Waals surface area contributed by atoms with Gasteiger partial charge in [0.2, 0.25) is 0 Å². The zero-order valence-corrected chi connectivity index (χ0v) is 54.6. The number of anilines is 10. The first-order chi connectivity index (χ1) is 47.5. The molecule has 5 aliphatic rings. The van der Waals surface area contributed by atoms with Crippen molar-refractivity contribution in [3.8, 4) is 22.3 Å². The maximum absolute atomic E-state index is 14.8. The van der Waals surface area contributed by atoms with E-state index in [9.17, 15) is 4.32 Å². The Hall–Kier alpha value is -11.3. The van der Waals surface area contributed by atoms with E-state index in [-0.39, 0.29) is 0 Å². The molecule has 96 heavy (non-hydrogen) atoms. The van der Waals surface area contributed by atoms with Crippen molar-refractivity contribution in [2.45, 2.75) is 38.5 Å². The maximum atomic E-state index is 14.8. The van der Waals surface area contributed by atoms with E-state index in [1.807, 2.05) is 45.1 Å². The summed E-state index contributed by atoms with van der Waals surface area (Å²) in [5, 5.41) is 0. The van der Waals surface area contributed by atoms with Crippen LogP contribution in [0.25, 0.3) is 22.3 Å². The van der Waals surface area contributed by atoms with E-state index in [1.54, 1.807) is 0 Å². The van der Waals surface area contributed by atoms with Gasteiger partial charge in [-0.1, -0.05) is 135 Å². The van der Waals surface area contributed by atoms with Crippen LogP contribution in [0, 0.1) is 12.8 Å². The van der Waals surface area contributed by atoms with Gasteiger partial charge in [0, 0.05) is 29.5 Å². The van der Waals surface area contributed by atoms with Crippen molar-refractivity contribution in [3.63, 3.8) is 0 Å². The molecule has 0 unspecified atom stereocenters. The summed E-state index contributed by atoms with van der Waals surface area (Å²) < 4.78 is 14.8. The Morgan fingerprint density at radius 1 is 0.375 bits per heavy atom. The van der Waals surface area contributed by atoms with Crippen LogP contribution in [0.1, 0.15) is 70.8 Å². The van der Waals surface area contributed by atoms with Crippen LogP contribution in [0.3, 0.4) is 0 Å². The number of hydrogen-bond donors (Lipinski definition) is 0. The van der Waals surface area contributed by atoms with Gasteiger partial charge in [-0.25, -0.2) is 0 Å². The molecule has 0 saturated heterocycles. The number of fused-ring (bicyclic) bond motifs is 16. The smallest absolute Gasteiger partial charge is 0.0782 e. The minimum Gasteiger partial charge on any atom is -0.340 e. The molecule has 0 saturated carbocycles. The van der Waals surface area contributed by atoms with Gasteiger partial charge < -0.3 is 9.80 Å². The largest absolute Gasteiger partial charge is 0.340 e. The van der Waals surface area contributed by atoms with Crippen molar-refractivity contribution in [3.05, 3.63) is 396 Å². The zero-order chi connectivity index (χ0) is 65.2. The van der Waals surface area contributed by atoms with E-state index >= 15 is 0 Å². The minimum absolute atomic E-state index is 0.357. The molecule has 4 nitrogen and oxygen atoms in total. The molecule has 464 valence electrons. The van der Waals surface area contributed by atoms with Crippen LogP contribution in [0.5, 0.6) is 0 Å². The van der Waals surface area contributed by atoms with Crippen LogP contribution in [0.2, 0.25) is 0 Å². The molecule has 4 aliphatic heterocycles. The van der Waals surface area contributed by atoms with Crippen LogP contribution < -0.4 is 19.6 Å². The SMILES string of the molecule is C/C=C\C=C/C(=BF)CN1c2ccc(-c3ccccc3)cc2C2(c3cc(-c4ccccc4)ccc31)c1ccccc1N(c1ccccc1)c1ccccc12.CC.Cc1ccc(N2c3ccccc3C3(c4ccccc4N(CC4C=CC=C4)c4ccccc43)c3ccccc32)cc1. The second-order valence-corrected chi connectivity index (χ2v) is 24.8. The van der Waals surface area contributed by atoms with Crippen molar-refractivity contribution in [2.75, 3.05) is 32.7 Å². The van der Waals surface area contributed by atoms with Crippen molar-refractivity contribution < 1.29 is 4.32 Å². The molecule has 0 N–H and O–H groups in total. The first kappa shape index (κ1) is 60.9. The third kappa shape index (κ3) is 10.2. The Balaban J connectivity index is 0.000000160. The summed E-state index contributed by atoms with van der Waals surface area (Å²) in [6.07, 6.45) is 16.6. The summed E-state index contributed by atoms with van der Waals surface area (Å²) in [6.45, 7) is 9.38. The van der Waals surface area contributed by atoms with Crippen LogP contribution >= 0.6 is 0 Å². The second-order valence-electron chi connectivity index (χ2n) is 24.8. The molecular weight excluding hydrogens is 1170 g/mol. The van der Waals surface area contributed by atoms with Crippen LogP contribution in [0.15, 0.2) is 346 Å². The van der Waals surface area contributed by atoms with Crippen molar-refractivity contribution >= 4 is 69.5 Å². The predicted octanol–water partition coefficient (Wildman–Crippen LogP) is 22.9. The fraction of sp³-hybridized carbons (Fsp3) is 0.100. The van der Waals surface area contributed by atoms with Gasteiger partial charge in [-0.05, 0) is 65.6 Å². The fourth-order valence-electron chi connectivity index (χ4n) is 15.6. The number of allylic oxidation sites excluding steroid dienone is 5. The molecule has 0 fully saturated rings. The summed E-state index contributed by atoms with van der Waals surface area (Å²) in [7, 11) is 0.739. The Morgan fingerprint density at radius 3 is 1.15 bits per heavy atom. The average molecular weight is 1240 g/mol. The summed E-state index contributed by atoms with van der Waals surface area (Å²) in [4.78, 5) is 9.69. The number of para-hydroxylation sites is 7. The summed E-state index contributed by atoms with van der Waals surface area (Å²) in [5.41, 5.74) is 26.9. The summed E-state index contributed by atoms with van der Waals surface area (Å²) in [6, 6.07) is 108. The van der Waals surface area contributed by atoms with Gasteiger partial charge in [-0.3, -0.25) is 0 Å². The molecule has 17 rings (SSSR count). The first-order valence-electron chi connectivity index (χ1n) is 33.7. The topological polar surface area (TPSA) is 13.0 Å². The molecule has 0 bridgehead atoms. The second kappa shape index (κ2) is 26.2. The Morgan fingerprint density at radius 2 is 0.729 bits per heavy atom. The molecule has 12 aromatic rings. The normalized spacial score (nSPS) is 14.7. The molecule has 1 aliphatic carbocycles. The molecule has 12 aromatic carbocycles. The van der Waals surface area contributed by atoms with E-state index in [4.69, 9.17) is 0 Å². The van der Waals surface area contributed by atoms with Gasteiger partial charge in [-0.2, -0.15) is 0 Å². The van der Waals surface area contributed by atoms with Crippen LogP contribution in [-0.4, -0.2) is 25.8 Å². The number of aryl methyl sites for hydroxylation is 1. The third-order valence-corrected chi connectivity index (χ3v) is 19.6. The quantitative estimate of drug-likeness (QED) is 0.0999. The van der Waals surface area contributed by atoms with Crippen molar-refractivity contribution in [2.24, 2.45) is 5.92 Å². The zero-order valence-electron chi connectivity index (χ0n) is 54.6. The number of benzene rings is 12. The van der Waals surface area contributed by atoms with Gasteiger partial charge in [-0.15, -0.1) is 0 Å². The predicted molar refractivity (Wildman–Crippen MR) is 405 cm³/mol. The monoisotopic (exact) mass is 1240 g/mol. The molecule has 6 heteroatoms.